The van der Waals surface area contributed by atoms with E-state index >= 15 is 0 Å². The molecule has 1 aromatic rings. The maximum absolute atomic E-state index is 11.0. The summed E-state index contributed by atoms with van der Waals surface area (Å²) in [6.45, 7) is 0. The molecule has 0 radical (unpaired) electrons. The predicted octanol–water partition coefficient (Wildman–Crippen LogP) is 1.83. The molecule has 0 aromatic heterocycles. The molecular weight excluding hydrogens is 218 g/mol. The van der Waals surface area contributed by atoms with Gasteiger partial charge in [0.2, 0.25) is 0 Å². The van der Waals surface area contributed by atoms with Crippen molar-refractivity contribution in [2.45, 2.75) is 37.1 Å². The third-order valence-corrected chi connectivity index (χ3v) is 3.67. The van der Waals surface area contributed by atoms with Crippen LogP contribution in [0.15, 0.2) is 24.3 Å². The van der Waals surface area contributed by atoms with E-state index in [2.05, 4.69) is 0 Å². The Bertz CT molecular complexity index is 405. The van der Waals surface area contributed by atoms with Crippen molar-refractivity contribution >= 4 is 5.97 Å². The molecule has 0 aliphatic heterocycles. The van der Waals surface area contributed by atoms with E-state index in [4.69, 9.17) is 10.8 Å². The van der Waals surface area contributed by atoms with Gasteiger partial charge >= 0.3 is 5.97 Å². The lowest BCUT2D eigenvalue weighted by Crippen LogP contribution is -2.50. The van der Waals surface area contributed by atoms with E-state index in [1.807, 2.05) is 12.1 Å². The fraction of sp³-hybridized carbons (Fsp3) is 0.462. The summed E-state index contributed by atoms with van der Waals surface area (Å²) in [6.07, 6.45) is 2.59. The third kappa shape index (κ3) is 2.42. The van der Waals surface area contributed by atoms with E-state index in [1.165, 1.54) is 0 Å². The summed E-state index contributed by atoms with van der Waals surface area (Å²) >= 11 is 0. The summed E-state index contributed by atoms with van der Waals surface area (Å²) < 4.78 is 0. The number of carboxylic acids is 1. The molecule has 0 atom stereocenters. The first kappa shape index (κ1) is 11.9. The second-order valence-electron chi connectivity index (χ2n) is 4.83. The molecule has 1 fully saturated rings. The SMILES string of the molecule is N[C@]1(C(=O)O)CC[C@H](c2ccc(O)cc2)CC1. The number of carboxylic acid groups (broad SMARTS) is 1. The quantitative estimate of drug-likeness (QED) is 0.730. The van der Waals surface area contributed by atoms with Crippen molar-refractivity contribution in [2.75, 3.05) is 0 Å². The first-order chi connectivity index (χ1) is 8.01. The molecule has 92 valence electrons. The molecule has 2 rings (SSSR count). The molecule has 0 unspecified atom stereocenters. The summed E-state index contributed by atoms with van der Waals surface area (Å²) in [7, 11) is 0. The van der Waals surface area contributed by atoms with Gasteiger partial charge in [-0.15, -0.1) is 0 Å². The van der Waals surface area contributed by atoms with Gasteiger partial charge in [0.25, 0.3) is 0 Å². The molecule has 4 heteroatoms. The van der Waals surface area contributed by atoms with Gasteiger partial charge in [0.1, 0.15) is 11.3 Å². The van der Waals surface area contributed by atoms with Crippen LogP contribution in [0.1, 0.15) is 37.2 Å². The van der Waals surface area contributed by atoms with Gasteiger partial charge in [0.15, 0.2) is 0 Å². The minimum Gasteiger partial charge on any atom is -0.508 e. The first-order valence-electron chi connectivity index (χ1n) is 5.82. The Labute approximate surface area is 100 Å². The number of carbonyl (C=O) groups is 1. The molecule has 0 bridgehead atoms. The number of aromatic hydroxyl groups is 1. The summed E-state index contributed by atoms with van der Waals surface area (Å²) in [5, 5.41) is 18.2. The molecule has 0 amide bonds. The number of nitrogens with two attached hydrogens (primary N) is 1. The van der Waals surface area contributed by atoms with Crippen molar-refractivity contribution in [1.29, 1.82) is 0 Å². The molecule has 0 spiro atoms. The van der Waals surface area contributed by atoms with Crippen LogP contribution >= 0.6 is 0 Å². The molecule has 1 aromatic carbocycles. The fourth-order valence-corrected chi connectivity index (χ4v) is 2.43. The molecule has 1 saturated carbocycles. The zero-order valence-corrected chi connectivity index (χ0v) is 9.60. The lowest BCUT2D eigenvalue weighted by Gasteiger charge is -2.33. The van der Waals surface area contributed by atoms with Crippen LogP contribution < -0.4 is 5.73 Å². The number of rotatable bonds is 2. The highest BCUT2D eigenvalue weighted by molar-refractivity contribution is 5.78. The third-order valence-electron chi connectivity index (χ3n) is 3.67. The molecule has 4 nitrogen and oxygen atoms in total. The van der Waals surface area contributed by atoms with Gasteiger partial charge in [0.05, 0.1) is 0 Å². The van der Waals surface area contributed by atoms with Crippen molar-refractivity contribution in [3.63, 3.8) is 0 Å². The molecule has 0 heterocycles. The normalized spacial score (nSPS) is 28.9. The molecular formula is C13H17NO3. The number of phenols is 1. The van der Waals surface area contributed by atoms with Crippen LogP contribution in [-0.2, 0) is 4.79 Å². The van der Waals surface area contributed by atoms with Crippen molar-refractivity contribution in [3.05, 3.63) is 29.8 Å². The highest BCUT2D eigenvalue weighted by Crippen LogP contribution is 2.37. The summed E-state index contributed by atoms with van der Waals surface area (Å²) in [6, 6.07) is 7.11. The molecule has 4 N–H and O–H groups in total. The largest absolute Gasteiger partial charge is 0.508 e. The van der Waals surface area contributed by atoms with E-state index < -0.39 is 11.5 Å². The maximum atomic E-state index is 11.0. The minimum atomic E-state index is -1.05. The van der Waals surface area contributed by atoms with Gasteiger partial charge in [-0.2, -0.15) is 0 Å². The van der Waals surface area contributed by atoms with Gasteiger partial charge in [-0.1, -0.05) is 12.1 Å². The Morgan fingerprint density at radius 2 is 1.76 bits per heavy atom. The fourth-order valence-electron chi connectivity index (χ4n) is 2.43. The van der Waals surface area contributed by atoms with Gasteiger partial charge in [-0.3, -0.25) is 4.79 Å². The van der Waals surface area contributed by atoms with Crippen LogP contribution in [0.5, 0.6) is 5.75 Å². The predicted molar refractivity (Wildman–Crippen MR) is 63.9 cm³/mol. The Morgan fingerprint density at radius 1 is 1.24 bits per heavy atom. The van der Waals surface area contributed by atoms with Crippen LogP contribution in [0.25, 0.3) is 0 Å². The molecule has 17 heavy (non-hydrogen) atoms. The molecule has 0 saturated heterocycles. The van der Waals surface area contributed by atoms with Crippen molar-refractivity contribution in [1.82, 2.24) is 0 Å². The highest BCUT2D eigenvalue weighted by atomic mass is 16.4. The van der Waals surface area contributed by atoms with E-state index in [-0.39, 0.29) is 5.75 Å². The standard InChI is InChI=1S/C13H17NO3/c14-13(12(16)17)7-5-10(6-8-13)9-1-3-11(15)4-2-9/h1-4,10,15H,5-8,14H2,(H,16,17)/t10-,13+. The van der Waals surface area contributed by atoms with Gasteiger partial charge in [0, 0.05) is 0 Å². The van der Waals surface area contributed by atoms with Gasteiger partial charge in [-0.25, -0.2) is 0 Å². The lowest BCUT2D eigenvalue weighted by atomic mass is 9.75. The average molecular weight is 235 g/mol. The number of benzene rings is 1. The number of hydrogen-bond donors (Lipinski definition) is 3. The number of aliphatic carboxylic acids is 1. The number of hydrogen-bond acceptors (Lipinski definition) is 3. The first-order valence-corrected chi connectivity index (χ1v) is 5.82. The van der Waals surface area contributed by atoms with Crippen molar-refractivity contribution in [3.8, 4) is 5.75 Å². The average Bonchev–Trinajstić information content (AvgIpc) is 2.31. The van der Waals surface area contributed by atoms with Crippen molar-refractivity contribution in [2.24, 2.45) is 5.73 Å². The van der Waals surface area contributed by atoms with Crippen LogP contribution in [0.2, 0.25) is 0 Å². The monoisotopic (exact) mass is 235 g/mol. The van der Waals surface area contributed by atoms with E-state index in [9.17, 15) is 9.90 Å². The van der Waals surface area contributed by atoms with Gasteiger partial charge < -0.3 is 15.9 Å². The smallest absolute Gasteiger partial charge is 0.323 e. The Hall–Kier alpha value is -1.55. The summed E-state index contributed by atoms with van der Waals surface area (Å²) in [5.74, 6) is -0.295. The van der Waals surface area contributed by atoms with E-state index in [0.717, 1.165) is 18.4 Å². The van der Waals surface area contributed by atoms with E-state index in [0.29, 0.717) is 18.8 Å². The van der Waals surface area contributed by atoms with Crippen LogP contribution in [0, 0.1) is 0 Å². The zero-order chi connectivity index (χ0) is 12.5. The van der Waals surface area contributed by atoms with Gasteiger partial charge in [-0.05, 0) is 49.3 Å². The van der Waals surface area contributed by atoms with Crippen molar-refractivity contribution < 1.29 is 15.0 Å². The Morgan fingerprint density at radius 3 is 2.24 bits per heavy atom. The summed E-state index contributed by atoms with van der Waals surface area (Å²) in [5.41, 5.74) is 5.93. The van der Waals surface area contributed by atoms with Crippen LogP contribution in [-0.4, -0.2) is 21.7 Å². The topological polar surface area (TPSA) is 83.6 Å². The Kier molecular flexibility index (Phi) is 3.07. The summed E-state index contributed by atoms with van der Waals surface area (Å²) in [4.78, 5) is 11.0. The van der Waals surface area contributed by atoms with E-state index in [1.54, 1.807) is 12.1 Å². The maximum Gasteiger partial charge on any atom is 0.323 e. The molecule has 1 aliphatic rings. The molecule has 1 aliphatic carbocycles. The second-order valence-corrected chi connectivity index (χ2v) is 4.83. The second kappa shape index (κ2) is 4.37. The van der Waals surface area contributed by atoms with Crippen LogP contribution in [0.4, 0.5) is 0 Å². The lowest BCUT2D eigenvalue weighted by molar-refractivity contribution is -0.144. The Balaban J connectivity index is 2.04. The highest BCUT2D eigenvalue weighted by Gasteiger charge is 2.38. The number of phenolic OH excluding ortho intramolecular Hbond substituents is 1. The van der Waals surface area contributed by atoms with Crippen LogP contribution in [0.3, 0.4) is 0 Å². The zero-order valence-electron chi connectivity index (χ0n) is 9.60. The minimum absolute atomic E-state index is 0.253.